The van der Waals surface area contributed by atoms with Crippen molar-refractivity contribution in [1.82, 2.24) is 0 Å². The SMILES string of the molecule is Cc1ccc(CC(=O)c2c(C)cc(C)cc2C)cc1. The van der Waals surface area contributed by atoms with Crippen LogP contribution in [0.3, 0.4) is 0 Å². The van der Waals surface area contributed by atoms with Crippen LogP contribution in [0.1, 0.15) is 38.2 Å². The van der Waals surface area contributed by atoms with Gasteiger partial charge in [-0.1, -0.05) is 47.5 Å². The molecule has 2 rings (SSSR count). The molecule has 0 heterocycles. The summed E-state index contributed by atoms with van der Waals surface area (Å²) in [6.07, 6.45) is 0.477. The number of carbonyl (C=O) groups excluding carboxylic acids is 1. The van der Waals surface area contributed by atoms with Crippen molar-refractivity contribution in [2.75, 3.05) is 0 Å². The summed E-state index contributed by atoms with van der Waals surface area (Å²) in [5, 5.41) is 0. The number of hydrogen-bond acceptors (Lipinski definition) is 1. The van der Waals surface area contributed by atoms with Gasteiger partial charge in [0, 0.05) is 12.0 Å². The maximum atomic E-state index is 12.5. The number of Topliss-reactive ketones (excluding diaryl/α,β-unsaturated/α-hetero) is 1. The van der Waals surface area contributed by atoms with Crippen molar-refractivity contribution >= 4 is 5.78 Å². The largest absolute Gasteiger partial charge is 0.294 e. The molecule has 0 fully saturated rings. The fraction of sp³-hybridized carbons (Fsp3) is 0.278. The van der Waals surface area contributed by atoms with Gasteiger partial charge >= 0.3 is 0 Å². The van der Waals surface area contributed by atoms with E-state index in [2.05, 4.69) is 38.1 Å². The van der Waals surface area contributed by atoms with Crippen LogP contribution in [0, 0.1) is 27.7 Å². The number of aryl methyl sites for hydroxylation is 4. The van der Waals surface area contributed by atoms with Gasteiger partial charge in [0.05, 0.1) is 0 Å². The molecule has 1 nitrogen and oxygen atoms in total. The van der Waals surface area contributed by atoms with E-state index in [0.717, 1.165) is 22.3 Å². The monoisotopic (exact) mass is 252 g/mol. The quantitative estimate of drug-likeness (QED) is 0.742. The normalized spacial score (nSPS) is 10.5. The molecular formula is C18H20O. The fourth-order valence-electron chi connectivity index (χ4n) is 2.60. The van der Waals surface area contributed by atoms with E-state index >= 15 is 0 Å². The zero-order chi connectivity index (χ0) is 14.0. The molecule has 1 heteroatoms. The molecule has 0 N–H and O–H groups in total. The van der Waals surface area contributed by atoms with Crippen molar-refractivity contribution in [3.05, 3.63) is 69.8 Å². The van der Waals surface area contributed by atoms with E-state index in [-0.39, 0.29) is 5.78 Å². The minimum atomic E-state index is 0.207. The number of benzene rings is 2. The number of ketones is 1. The van der Waals surface area contributed by atoms with Gasteiger partial charge in [-0.2, -0.15) is 0 Å². The van der Waals surface area contributed by atoms with Gasteiger partial charge in [0.15, 0.2) is 5.78 Å². The van der Waals surface area contributed by atoms with Gasteiger partial charge in [-0.05, 0) is 44.4 Å². The maximum Gasteiger partial charge on any atom is 0.167 e. The predicted octanol–water partition coefficient (Wildman–Crippen LogP) is 4.35. The molecule has 0 bridgehead atoms. The second-order valence-electron chi connectivity index (χ2n) is 5.36. The molecule has 0 saturated heterocycles. The van der Waals surface area contributed by atoms with Crippen LogP contribution >= 0.6 is 0 Å². The molecule has 98 valence electrons. The Kier molecular flexibility index (Phi) is 3.84. The first-order chi connectivity index (χ1) is 8.97. The first kappa shape index (κ1) is 13.5. The van der Waals surface area contributed by atoms with Crippen LogP contribution in [0.25, 0.3) is 0 Å². The van der Waals surface area contributed by atoms with Crippen molar-refractivity contribution in [3.63, 3.8) is 0 Å². The molecule has 0 aliphatic heterocycles. The number of rotatable bonds is 3. The minimum Gasteiger partial charge on any atom is -0.294 e. The topological polar surface area (TPSA) is 17.1 Å². The Morgan fingerprint density at radius 2 is 1.37 bits per heavy atom. The lowest BCUT2D eigenvalue weighted by Gasteiger charge is -2.10. The van der Waals surface area contributed by atoms with Crippen LogP contribution in [0.4, 0.5) is 0 Å². The van der Waals surface area contributed by atoms with Crippen molar-refractivity contribution in [3.8, 4) is 0 Å². The summed E-state index contributed by atoms with van der Waals surface area (Å²) in [7, 11) is 0. The molecule has 0 spiro atoms. The molecule has 0 aliphatic rings. The second-order valence-corrected chi connectivity index (χ2v) is 5.36. The summed E-state index contributed by atoms with van der Waals surface area (Å²) in [5.74, 6) is 0.207. The molecule has 2 aromatic rings. The molecule has 0 amide bonds. The zero-order valence-corrected chi connectivity index (χ0v) is 12.1. The van der Waals surface area contributed by atoms with Gasteiger partial charge in [-0.15, -0.1) is 0 Å². The van der Waals surface area contributed by atoms with Gasteiger partial charge in [-0.3, -0.25) is 4.79 Å². The first-order valence-corrected chi connectivity index (χ1v) is 6.64. The molecule has 2 aromatic carbocycles. The van der Waals surface area contributed by atoms with Crippen LogP contribution in [0.5, 0.6) is 0 Å². The van der Waals surface area contributed by atoms with Gasteiger partial charge in [0.1, 0.15) is 0 Å². The molecule has 0 saturated carbocycles. The fourth-order valence-corrected chi connectivity index (χ4v) is 2.60. The van der Waals surface area contributed by atoms with Crippen LogP contribution in [-0.2, 0) is 6.42 Å². The number of carbonyl (C=O) groups is 1. The average Bonchev–Trinajstić information content (AvgIpc) is 2.30. The third kappa shape index (κ3) is 3.11. The van der Waals surface area contributed by atoms with E-state index in [9.17, 15) is 4.79 Å². The first-order valence-electron chi connectivity index (χ1n) is 6.64. The van der Waals surface area contributed by atoms with Gasteiger partial charge in [-0.25, -0.2) is 0 Å². The van der Waals surface area contributed by atoms with E-state index in [1.165, 1.54) is 11.1 Å². The van der Waals surface area contributed by atoms with Crippen LogP contribution in [0.2, 0.25) is 0 Å². The van der Waals surface area contributed by atoms with E-state index in [4.69, 9.17) is 0 Å². The Morgan fingerprint density at radius 1 is 0.842 bits per heavy atom. The number of hydrogen-bond donors (Lipinski definition) is 0. The third-order valence-corrected chi connectivity index (χ3v) is 3.44. The van der Waals surface area contributed by atoms with Crippen molar-refractivity contribution in [2.45, 2.75) is 34.1 Å². The summed E-state index contributed by atoms with van der Waals surface area (Å²) >= 11 is 0. The third-order valence-electron chi connectivity index (χ3n) is 3.44. The lowest BCUT2D eigenvalue weighted by atomic mass is 9.93. The highest BCUT2D eigenvalue weighted by Crippen LogP contribution is 2.19. The standard InChI is InChI=1S/C18H20O/c1-12-5-7-16(8-6-12)11-17(19)18-14(3)9-13(2)10-15(18)4/h5-10H,11H2,1-4H3. The molecule has 0 aliphatic carbocycles. The Labute approximate surface area is 115 Å². The van der Waals surface area contributed by atoms with Crippen LogP contribution in [-0.4, -0.2) is 5.78 Å². The van der Waals surface area contributed by atoms with Gasteiger partial charge in [0.25, 0.3) is 0 Å². The lowest BCUT2D eigenvalue weighted by molar-refractivity contribution is 0.0992. The van der Waals surface area contributed by atoms with Crippen molar-refractivity contribution < 1.29 is 4.79 Å². The highest BCUT2D eigenvalue weighted by atomic mass is 16.1. The summed E-state index contributed by atoms with van der Waals surface area (Å²) < 4.78 is 0. The minimum absolute atomic E-state index is 0.207. The summed E-state index contributed by atoms with van der Waals surface area (Å²) in [5.41, 5.74) is 6.55. The molecule has 19 heavy (non-hydrogen) atoms. The van der Waals surface area contributed by atoms with E-state index in [1.807, 2.05) is 26.0 Å². The van der Waals surface area contributed by atoms with Crippen LogP contribution < -0.4 is 0 Å². The lowest BCUT2D eigenvalue weighted by Crippen LogP contribution is -2.08. The average molecular weight is 252 g/mol. The zero-order valence-electron chi connectivity index (χ0n) is 12.1. The Bertz CT molecular complexity index is 583. The molecular weight excluding hydrogens is 232 g/mol. The smallest absolute Gasteiger partial charge is 0.167 e. The molecule has 0 radical (unpaired) electrons. The Morgan fingerprint density at radius 3 is 1.89 bits per heavy atom. The molecule has 0 unspecified atom stereocenters. The highest BCUT2D eigenvalue weighted by molar-refractivity contribution is 6.00. The second kappa shape index (κ2) is 5.40. The highest BCUT2D eigenvalue weighted by Gasteiger charge is 2.13. The maximum absolute atomic E-state index is 12.5. The van der Waals surface area contributed by atoms with Gasteiger partial charge in [0.2, 0.25) is 0 Å². The van der Waals surface area contributed by atoms with Crippen LogP contribution in [0.15, 0.2) is 36.4 Å². The summed E-state index contributed by atoms with van der Waals surface area (Å²) in [6, 6.07) is 12.3. The molecule has 0 atom stereocenters. The predicted molar refractivity (Wildman–Crippen MR) is 79.9 cm³/mol. The van der Waals surface area contributed by atoms with E-state index in [0.29, 0.717) is 6.42 Å². The summed E-state index contributed by atoms with van der Waals surface area (Å²) in [4.78, 5) is 12.5. The molecule has 0 aromatic heterocycles. The van der Waals surface area contributed by atoms with Crippen molar-refractivity contribution in [2.24, 2.45) is 0 Å². The summed E-state index contributed by atoms with van der Waals surface area (Å²) in [6.45, 7) is 8.15. The van der Waals surface area contributed by atoms with E-state index < -0.39 is 0 Å². The van der Waals surface area contributed by atoms with Crippen molar-refractivity contribution in [1.29, 1.82) is 0 Å². The van der Waals surface area contributed by atoms with Gasteiger partial charge < -0.3 is 0 Å². The Balaban J connectivity index is 2.28. The Hall–Kier alpha value is -1.89. The van der Waals surface area contributed by atoms with E-state index in [1.54, 1.807) is 0 Å².